The van der Waals surface area contributed by atoms with Crippen molar-refractivity contribution in [3.63, 3.8) is 0 Å². The maximum Gasteiger partial charge on any atom is 0.140 e. The monoisotopic (exact) mass is 357 g/mol. The summed E-state index contributed by atoms with van der Waals surface area (Å²) in [6.07, 6.45) is 7.88. The van der Waals surface area contributed by atoms with Crippen LogP contribution in [0, 0.1) is 18.3 Å². The standard InChI is InChI=1S/C22H23N5/c1-17-14-25-22(18-8-10-24-11-9-18)27(17)21-7-4-12-26(16-21)15-20-6-3-2-5-19(20)13-23/h2-3,5-6,8-11,14,21H,4,7,12,15-16H2,1H3. The first kappa shape index (κ1) is 17.4. The van der Waals surface area contributed by atoms with Crippen LogP contribution >= 0.6 is 0 Å². The van der Waals surface area contributed by atoms with Crippen LogP contribution in [0.4, 0.5) is 0 Å². The number of aromatic nitrogens is 3. The van der Waals surface area contributed by atoms with Crippen molar-refractivity contribution in [2.75, 3.05) is 13.1 Å². The van der Waals surface area contributed by atoms with E-state index in [1.807, 2.05) is 48.9 Å². The number of nitriles is 1. The van der Waals surface area contributed by atoms with Gasteiger partial charge in [0.05, 0.1) is 11.6 Å². The molecule has 3 aromatic rings. The first-order chi connectivity index (χ1) is 13.3. The van der Waals surface area contributed by atoms with Crippen molar-refractivity contribution in [2.45, 2.75) is 32.4 Å². The van der Waals surface area contributed by atoms with E-state index in [9.17, 15) is 5.26 Å². The van der Waals surface area contributed by atoms with Gasteiger partial charge in [-0.3, -0.25) is 9.88 Å². The fourth-order valence-corrected chi connectivity index (χ4v) is 4.02. The van der Waals surface area contributed by atoms with Gasteiger partial charge in [-0.2, -0.15) is 5.26 Å². The van der Waals surface area contributed by atoms with Crippen molar-refractivity contribution in [2.24, 2.45) is 0 Å². The molecule has 2 aromatic heterocycles. The zero-order valence-electron chi connectivity index (χ0n) is 15.5. The first-order valence-electron chi connectivity index (χ1n) is 9.41. The summed E-state index contributed by atoms with van der Waals surface area (Å²) < 4.78 is 2.37. The molecular weight excluding hydrogens is 334 g/mol. The molecule has 1 aromatic carbocycles. The maximum atomic E-state index is 9.36. The summed E-state index contributed by atoms with van der Waals surface area (Å²) in [6, 6.07) is 14.6. The number of likely N-dealkylation sites (tertiary alicyclic amines) is 1. The summed E-state index contributed by atoms with van der Waals surface area (Å²) in [5.41, 5.74) is 4.17. The highest BCUT2D eigenvalue weighted by atomic mass is 15.2. The second-order valence-electron chi connectivity index (χ2n) is 7.13. The van der Waals surface area contributed by atoms with E-state index in [1.54, 1.807) is 0 Å². The van der Waals surface area contributed by atoms with Crippen molar-refractivity contribution >= 4 is 0 Å². The van der Waals surface area contributed by atoms with Crippen LogP contribution in [0.25, 0.3) is 11.4 Å². The van der Waals surface area contributed by atoms with Crippen molar-refractivity contribution in [3.05, 3.63) is 71.8 Å². The number of nitrogens with zero attached hydrogens (tertiary/aromatic N) is 5. The average Bonchev–Trinajstić information content (AvgIpc) is 3.11. The molecule has 0 aliphatic carbocycles. The number of hydrogen-bond donors (Lipinski definition) is 0. The molecule has 136 valence electrons. The highest BCUT2D eigenvalue weighted by Crippen LogP contribution is 2.30. The van der Waals surface area contributed by atoms with E-state index in [1.165, 1.54) is 5.69 Å². The minimum absolute atomic E-state index is 0.388. The van der Waals surface area contributed by atoms with Crippen LogP contribution in [0.5, 0.6) is 0 Å². The predicted octanol–water partition coefficient (Wildman–Crippen LogP) is 3.96. The lowest BCUT2D eigenvalue weighted by Gasteiger charge is -2.35. The summed E-state index contributed by atoms with van der Waals surface area (Å²) in [5.74, 6) is 1.01. The van der Waals surface area contributed by atoms with Crippen LogP contribution in [0.1, 0.15) is 35.7 Å². The Kier molecular flexibility index (Phi) is 4.99. The summed E-state index contributed by atoms with van der Waals surface area (Å²) in [7, 11) is 0. The molecule has 1 atom stereocenters. The fraction of sp³-hybridized carbons (Fsp3) is 0.318. The highest BCUT2D eigenvalue weighted by molar-refractivity contribution is 5.55. The van der Waals surface area contributed by atoms with Crippen molar-refractivity contribution in [3.8, 4) is 17.5 Å². The van der Waals surface area contributed by atoms with E-state index < -0.39 is 0 Å². The smallest absolute Gasteiger partial charge is 0.140 e. The number of hydrogen-bond acceptors (Lipinski definition) is 4. The fourth-order valence-electron chi connectivity index (χ4n) is 4.02. The topological polar surface area (TPSA) is 57.7 Å². The molecule has 1 fully saturated rings. The van der Waals surface area contributed by atoms with Gasteiger partial charge in [0.1, 0.15) is 5.82 Å². The van der Waals surface area contributed by atoms with Gasteiger partial charge in [-0.25, -0.2) is 4.98 Å². The van der Waals surface area contributed by atoms with Crippen LogP contribution in [-0.4, -0.2) is 32.5 Å². The number of imidazole rings is 1. The quantitative estimate of drug-likeness (QED) is 0.709. The Morgan fingerprint density at radius 1 is 1.19 bits per heavy atom. The Balaban J connectivity index is 1.58. The first-order valence-corrected chi connectivity index (χ1v) is 9.41. The van der Waals surface area contributed by atoms with Gasteiger partial charge >= 0.3 is 0 Å². The summed E-state index contributed by atoms with van der Waals surface area (Å²) in [6.45, 7) is 4.98. The van der Waals surface area contributed by atoms with Gasteiger partial charge in [0.25, 0.3) is 0 Å². The van der Waals surface area contributed by atoms with E-state index in [4.69, 9.17) is 0 Å². The van der Waals surface area contributed by atoms with Crippen LogP contribution in [-0.2, 0) is 6.54 Å². The Hall–Kier alpha value is -2.97. The molecule has 4 rings (SSSR count). The van der Waals surface area contributed by atoms with Crippen molar-refractivity contribution in [1.82, 2.24) is 19.4 Å². The van der Waals surface area contributed by atoms with Gasteiger partial charge in [0, 0.05) is 49.0 Å². The number of rotatable bonds is 4. The van der Waals surface area contributed by atoms with E-state index in [0.29, 0.717) is 6.04 Å². The molecule has 1 aliphatic heterocycles. The number of benzene rings is 1. The molecule has 0 radical (unpaired) electrons. The average molecular weight is 357 g/mol. The molecule has 1 unspecified atom stereocenters. The third kappa shape index (κ3) is 3.62. The highest BCUT2D eigenvalue weighted by Gasteiger charge is 2.25. The minimum Gasteiger partial charge on any atom is -0.324 e. The van der Waals surface area contributed by atoms with E-state index in [-0.39, 0.29) is 0 Å². The molecule has 0 bridgehead atoms. The van der Waals surface area contributed by atoms with Crippen LogP contribution in [0.15, 0.2) is 55.0 Å². The zero-order chi connectivity index (χ0) is 18.6. The summed E-state index contributed by atoms with van der Waals surface area (Å²) >= 11 is 0. The molecule has 27 heavy (non-hydrogen) atoms. The zero-order valence-corrected chi connectivity index (χ0v) is 15.5. The SMILES string of the molecule is Cc1cnc(-c2ccncc2)n1C1CCCN(Cc2ccccc2C#N)C1. The van der Waals surface area contributed by atoms with Gasteiger partial charge in [-0.05, 0) is 50.1 Å². The largest absolute Gasteiger partial charge is 0.324 e. The summed E-state index contributed by atoms with van der Waals surface area (Å²) in [4.78, 5) is 11.3. The Labute approximate surface area is 159 Å². The number of piperidine rings is 1. The molecule has 0 spiro atoms. The lowest BCUT2D eigenvalue weighted by Crippen LogP contribution is -2.36. The Morgan fingerprint density at radius 3 is 2.81 bits per heavy atom. The van der Waals surface area contributed by atoms with E-state index in [0.717, 1.165) is 55.0 Å². The van der Waals surface area contributed by atoms with Crippen LogP contribution in [0.3, 0.4) is 0 Å². The molecule has 5 nitrogen and oxygen atoms in total. The summed E-state index contributed by atoms with van der Waals surface area (Å²) in [5, 5.41) is 9.36. The third-order valence-corrected chi connectivity index (χ3v) is 5.30. The van der Waals surface area contributed by atoms with Gasteiger partial charge in [0.2, 0.25) is 0 Å². The molecule has 1 saturated heterocycles. The second-order valence-corrected chi connectivity index (χ2v) is 7.13. The Bertz CT molecular complexity index is 954. The lowest BCUT2D eigenvalue weighted by atomic mass is 10.0. The van der Waals surface area contributed by atoms with Gasteiger partial charge in [0.15, 0.2) is 0 Å². The molecule has 0 amide bonds. The minimum atomic E-state index is 0.388. The molecule has 0 saturated carbocycles. The molecular formula is C22H23N5. The van der Waals surface area contributed by atoms with Crippen molar-refractivity contribution in [1.29, 1.82) is 5.26 Å². The lowest BCUT2D eigenvalue weighted by molar-refractivity contribution is 0.170. The third-order valence-electron chi connectivity index (χ3n) is 5.30. The van der Waals surface area contributed by atoms with Gasteiger partial charge in [-0.1, -0.05) is 18.2 Å². The molecule has 0 N–H and O–H groups in total. The maximum absolute atomic E-state index is 9.36. The van der Waals surface area contributed by atoms with Gasteiger partial charge in [-0.15, -0.1) is 0 Å². The molecule has 5 heteroatoms. The number of pyridine rings is 1. The normalized spacial score (nSPS) is 17.6. The van der Waals surface area contributed by atoms with Crippen molar-refractivity contribution < 1.29 is 0 Å². The van der Waals surface area contributed by atoms with Crippen LogP contribution < -0.4 is 0 Å². The number of aryl methyl sites for hydroxylation is 1. The van der Waals surface area contributed by atoms with E-state index >= 15 is 0 Å². The molecule has 3 heterocycles. The molecule has 1 aliphatic rings. The van der Waals surface area contributed by atoms with Gasteiger partial charge < -0.3 is 4.57 Å². The predicted molar refractivity (Wildman–Crippen MR) is 105 cm³/mol. The second kappa shape index (κ2) is 7.73. The van der Waals surface area contributed by atoms with E-state index in [2.05, 4.69) is 38.5 Å². The van der Waals surface area contributed by atoms with Crippen LogP contribution in [0.2, 0.25) is 0 Å². The Morgan fingerprint density at radius 2 is 2.00 bits per heavy atom.